The Bertz CT molecular complexity index is 3170. The lowest BCUT2D eigenvalue weighted by molar-refractivity contribution is 1.07. The summed E-state index contributed by atoms with van der Waals surface area (Å²) in [4.78, 5) is 14.8. The van der Waals surface area contributed by atoms with Gasteiger partial charge in [0.2, 0.25) is 0 Å². The number of hydrogen-bond donors (Lipinski definition) is 0. The lowest BCUT2D eigenvalue weighted by Crippen LogP contribution is -1.99. The van der Waals surface area contributed by atoms with Gasteiger partial charge in [0.15, 0.2) is 17.5 Å². The molecular formula is C51H31N3S. The van der Waals surface area contributed by atoms with Gasteiger partial charge in [-0.15, -0.1) is 11.3 Å². The molecule has 11 rings (SSSR count). The van der Waals surface area contributed by atoms with Crippen molar-refractivity contribution in [1.29, 1.82) is 0 Å². The highest BCUT2D eigenvalue weighted by Crippen LogP contribution is 2.40. The molecule has 55 heavy (non-hydrogen) atoms. The van der Waals surface area contributed by atoms with Gasteiger partial charge in [0.25, 0.3) is 0 Å². The third-order valence-electron chi connectivity index (χ3n) is 10.7. The molecule has 0 bridgehead atoms. The Labute approximate surface area is 321 Å². The molecular weight excluding hydrogens is 687 g/mol. The molecule has 0 aliphatic heterocycles. The zero-order valence-electron chi connectivity index (χ0n) is 29.6. The van der Waals surface area contributed by atoms with Crippen LogP contribution >= 0.6 is 11.3 Å². The van der Waals surface area contributed by atoms with Gasteiger partial charge >= 0.3 is 0 Å². The summed E-state index contributed by atoms with van der Waals surface area (Å²) in [6, 6.07) is 67.1. The highest BCUT2D eigenvalue weighted by molar-refractivity contribution is 7.25. The maximum Gasteiger partial charge on any atom is 0.164 e. The van der Waals surface area contributed by atoms with Crippen molar-refractivity contribution >= 4 is 63.8 Å². The van der Waals surface area contributed by atoms with Crippen molar-refractivity contribution in [2.45, 2.75) is 0 Å². The Morgan fingerprint density at radius 1 is 0.236 bits per heavy atom. The van der Waals surface area contributed by atoms with E-state index >= 15 is 0 Å². The molecule has 0 N–H and O–H groups in total. The summed E-state index contributed by atoms with van der Waals surface area (Å²) in [5.41, 5.74) is 7.73. The van der Waals surface area contributed by atoms with Crippen molar-refractivity contribution in [3.63, 3.8) is 0 Å². The van der Waals surface area contributed by atoms with Crippen LogP contribution in [0.5, 0.6) is 0 Å². The number of aromatic nitrogens is 3. The molecule has 9 aromatic carbocycles. The molecule has 11 aromatic rings. The molecule has 256 valence electrons. The summed E-state index contributed by atoms with van der Waals surface area (Å²) >= 11 is 1.81. The smallest absolute Gasteiger partial charge is 0.164 e. The highest BCUT2D eigenvalue weighted by atomic mass is 32.1. The number of fused-ring (bicyclic) bond motifs is 9. The van der Waals surface area contributed by atoms with E-state index in [0.29, 0.717) is 17.5 Å². The van der Waals surface area contributed by atoms with Gasteiger partial charge in [-0.25, -0.2) is 15.0 Å². The summed E-state index contributed by atoms with van der Waals surface area (Å²) < 4.78 is 2.46. The molecule has 0 unspecified atom stereocenters. The maximum atomic E-state index is 4.97. The minimum absolute atomic E-state index is 0.665. The Morgan fingerprint density at radius 2 is 0.600 bits per heavy atom. The summed E-state index contributed by atoms with van der Waals surface area (Å²) in [7, 11) is 0. The van der Waals surface area contributed by atoms with Crippen molar-refractivity contribution in [1.82, 2.24) is 15.0 Å². The van der Waals surface area contributed by atoms with Gasteiger partial charge in [0.1, 0.15) is 0 Å². The molecule has 0 amide bonds. The minimum Gasteiger partial charge on any atom is -0.208 e. The van der Waals surface area contributed by atoms with E-state index in [4.69, 9.17) is 15.0 Å². The fraction of sp³-hybridized carbons (Fsp3) is 0. The molecule has 0 saturated heterocycles. The molecule has 0 radical (unpaired) electrons. The van der Waals surface area contributed by atoms with E-state index in [-0.39, 0.29) is 0 Å². The Kier molecular flexibility index (Phi) is 7.35. The van der Waals surface area contributed by atoms with E-state index in [0.717, 1.165) is 16.7 Å². The number of hydrogen-bond acceptors (Lipinski definition) is 4. The molecule has 0 aliphatic carbocycles. The topological polar surface area (TPSA) is 38.7 Å². The predicted octanol–water partition coefficient (Wildman–Crippen LogP) is 14.0. The maximum absolute atomic E-state index is 4.97. The largest absolute Gasteiger partial charge is 0.208 e. The molecule has 3 nitrogen and oxygen atoms in total. The average Bonchev–Trinajstić information content (AvgIpc) is 3.64. The van der Waals surface area contributed by atoms with E-state index < -0.39 is 0 Å². The predicted molar refractivity (Wildman–Crippen MR) is 232 cm³/mol. The Hall–Kier alpha value is -7.01. The molecule has 0 atom stereocenters. The molecule has 0 saturated carbocycles. The summed E-state index contributed by atoms with van der Waals surface area (Å²) in [5, 5.41) is 10.2. The standard InChI is InChI=1S/C51H31N3S/c1-3-12-32(13-4-1)49-52-50(33-14-5-2-6-15-33)54-51(53-49)38-24-27-45-44-26-23-37(30-47(44)55-48(45)31-38)35-17-11-16-34(28-35)36-22-25-43-41-20-8-7-18-39(41)40-19-9-10-21-42(40)46(43)29-36/h1-31H. The zero-order chi connectivity index (χ0) is 36.3. The summed E-state index contributed by atoms with van der Waals surface area (Å²) in [5.74, 6) is 2.00. The SMILES string of the molecule is c1ccc(-c2nc(-c3ccccc3)nc(-c3ccc4c(c3)sc3cc(-c5cccc(-c6ccc7c8ccccc8c8ccccc8c7c6)c5)ccc34)n2)cc1. The fourth-order valence-electron chi connectivity index (χ4n) is 8.00. The van der Waals surface area contributed by atoms with Crippen molar-refractivity contribution < 1.29 is 0 Å². The van der Waals surface area contributed by atoms with E-state index in [2.05, 4.69) is 127 Å². The van der Waals surface area contributed by atoms with E-state index in [1.807, 2.05) is 72.0 Å². The van der Waals surface area contributed by atoms with Crippen LogP contribution in [-0.2, 0) is 0 Å². The molecule has 2 aromatic heterocycles. The van der Waals surface area contributed by atoms with E-state index in [1.54, 1.807) is 0 Å². The van der Waals surface area contributed by atoms with Crippen LogP contribution in [0, 0.1) is 0 Å². The molecule has 0 aliphatic rings. The van der Waals surface area contributed by atoms with Gasteiger partial charge in [-0.3, -0.25) is 0 Å². The lowest BCUT2D eigenvalue weighted by atomic mass is 9.91. The monoisotopic (exact) mass is 717 g/mol. The molecule has 2 heterocycles. The number of benzene rings is 9. The molecule has 0 spiro atoms. The first-order valence-corrected chi connectivity index (χ1v) is 19.3. The fourth-order valence-corrected chi connectivity index (χ4v) is 9.18. The van der Waals surface area contributed by atoms with Crippen LogP contribution < -0.4 is 0 Å². The van der Waals surface area contributed by atoms with Gasteiger partial charge in [-0.2, -0.15) is 0 Å². The first-order chi connectivity index (χ1) is 27.2. The van der Waals surface area contributed by atoms with Crippen LogP contribution in [0.1, 0.15) is 0 Å². The van der Waals surface area contributed by atoms with Crippen LogP contribution in [0.15, 0.2) is 188 Å². The van der Waals surface area contributed by atoms with Crippen LogP contribution in [0.3, 0.4) is 0 Å². The van der Waals surface area contributed by atoms with Crippen LogP contribution in [0.2, 0.25) is 0 Å². The second-order valence-corrected chi connectivity index (χ2v) is 15.1. The average molecular weight is 718 g/mol. The van der Waals surface area contributed by atoms with Gasteiger partial charge in [-0.1, -0.05) is 164 Å². The highest BCUT2D eigenvalue weighted by Gasteiger charge is 2.15. The van der Waals surface area contributed by atoms with Crippen LogP contribution in [-0.4, -0.2) is 15.0 Å². The Balaban J connectivity index is 0.976. The van der Waals surface area contributed by atoms with Gasteiger partial charge in [0, 0.05) is 36.9 Å². The third kappa shape index (κ3) is 5.46. The summed E-state index contributed by atoms with van der Waals surface area (Å²) in [6.07, 6.45) is 0. The normalized spacial score (nSPS) is 11.6. The van der Waals surface area contributed by atoms with Crippen LogP contribution in [0.4, 0.5) is 0 Å². The van der Waals surface area contributed by atoms with E-state index in [1.165, 1.54) is 74.7 Å². The van der Waals surface area contributed by atoms with Crippen molar-refractivity contribution in [3.8, 4) is 56.4 Å². The lowest BCUT2D eigenvalue weighted by Gasteiger charge is -2.12. The van der Waals surface area contributed by atoms with Crippen molar-refractivity contribution in [2.24, 2.45) is 0 Å². The zero-order valence-corrected chi connectivity index (χ0v) is 30.5. The van der Waals surface area contributed by atoms with Gasteiger partial charge < -0.3 is 0 Å². The minimum atomic E-state index is 0.665. The second-order valence-electron chi connectivity index (χ2n) is 14.0. The van der Waals surface area contributed by atoms with E-state index in [9.17, 15) is 0 Å². The first kappa shape index (κ1) is 31.5. The van der Waals surface area contributed by atoms with Gasteiger partial charge in [-0.05, 0) is 78.8 Å². The molecule has 4 heteroatoms. The first-order valence-electron chi connectivity index (χ1n) is 18.5. The second kappa shape index (κ2) is 12.8. The number of rotatable bonds is 5. The quantitative estimate of drug-likeness (QED) is 0.166. The summed E-state index contributed by atoms with van der Waals surface area (Å²) in [6.45, 7) is 0. The van der Waals surface area contributed by atoms with Crippen molar-refractivity contribution in [2.75, 3.05) is 0 Å². The third-order valence-corrected chi connectivity index (χ3v) is 11.8. The van der Waals surface area contributed by atoms with Crippen LogP contribution in [0.25, 0.3) is 109 Å². The van der Waals surface area contributed by atoms with Crippen molar-refractivity contribution in [3.05, 3.63) is 188 Å². The Morgan fingerprint density at radius 3 is 1.15 bits per heavy atom. The molecule has 0 fully saturated rings. The van der Waals surface area contributed by atoms with Gasteiger partial charge in [0.05, 0.1) is 0 Å². The number of nitrogens with zero attached hydrogens (tertiary/aromatic N) is 3. The number of thiophene rings is 1.